The summed E-state index contributed by atoms with van der Waals surface area (Å²) in [7, 11) is 0. The number of carbonyl (C=O) groups excluding carboxylic acids is 1. The van der Waals surface area contributed by atoms with Crippen molar-refractivity contribution in [3.8, 4) is 5.69 Å². The lowest BCUT2D eigenvalue weighted by atomic mass is 10.1. The number of amides is 1. The molecular weight excluding hydrogens is 358 g/mol. The minimum Gasteiger partial charge on any atom is -0.323 e. The molecule has 4 aromatic rings. The number of rotatable bonds is 4. The number of hydrogen-bond donors (Lipinski definition) is 1. The molecule has 0 bridgehead atoms. The van der Waals surface area contributed by atoms with Crippen molar-refractivity contribution < 1.29 is 4.79 Å². The van der Waals surface area contributed by atoms with E-state index in [0.29, 0.717) is 16.4 Å². The molecule has 1 N–H and O–H groups in total. The Bertz CT molecular complexity index is 1060. The molecule has 8 heteroatoms. The normalized spacial score (nSPS) is 11.4. The second-order valence-corrected chi connectivity index (χ2v) is 6.38. The lowest BCUT2D eigenvalue weighted by molar-refractivity contribution is 0.0955. The van der Waals surface area contributed by atoms with E-state index in [0.717, 1.165) is 10.6 Å². The first-order chi connectivity index (χ1) is 12.2. The van der Waals surface area contributed by atoms with Crippen molar-refractivity contribution in [2.75, 3.05) is 0 Å². The van der Waals surface area contributed by atoms with E-state index in [9.17, 15) is 4.79 Å². The van der Waals surface area contributed by atoms with Gasteiger partial charge in [0, 0.05) is 24.0 Å². The average molecular weight is 370 g/mol. The minimum absolute atomic E-state index is 0.303. The molecule has 0 aliphatic carbocycles. The summed E-state index contributed by atoms with van der Waals surface area (Å²) >= 11 is 7.58. The van der Waals surface area contributed by atoms with E-state index in [1.807, 2.05) is 63.3 Å². The highest BCUT2D eigenvalue weighted by molar-refractivity contribution is 7.15. The SMILES string of the molecule is O=C(N/N=C\c1c(Cl)nc2sccn12)c1ccccc1-n1cccc1. The smallest absolute Gasteiger partial charge is 0.273 e. The largest absolute Gasteiger partial charge is 0.323 e. The molecule has 25 heavy (non-hydrogen) atoms. The van der Waals surface area contributed by atoms with Gasteiger partial charge in [0.1, 0.15) is 5.69 Å². The third-order valence-corrected chi connectivity index (χ3v) is 4.67. The van der Waals surface area contributed by atoms with Gasteiger partial charge in [-0.15, -0.1) is 11.3 Å². The van der Waals surface area contributed by atoms with E-state index in [1.165, 1.54) is 17.6 Å². The quantitative estimate of drug-likeness (QED) is 0.441. The van der Waals surface area contributed by atoms with Gasteiger partial charge in [-0.1, -0.05) is 23.7 Å². The second-order valence-electron chi connectivity index (χ2n) is 5.15. The molecule has 0 atom stereocenters. The molecular formula is C17H12ClN5OS. The summed E-state index contributed by atoms with van der Waals surface area (Å²) in [5.41, 5.74) is 4.47. The number of halogens is 1. The molecule has 4 rings (SSSR count). The number of thiazole rings is 1. The highest BCUT2D eigenvalue weighted by Crippen LogP contribution is 2.19. The van der Waals surface area contributed by atoms with Crippen LogP contribution < -0.4 is 5.43 Å². The molecule has 1 aromatic carbocycles. The molecule has 0 aliphatic rings. The number of nitrogens with zero attached hydrogens (tertiary/aromatic N) is 4. The topological polar surface area (TPSA) is 63.7 Å². The molecule has 3 aromatic heterocycles. The molecule has 0 aliphatic heterocycles. The Morgan fingerprint density at radius 2 is 2.00 bits per heavy atom. The number of hydrogen-bond acceptors (Lipinski definition) is 4. The van der Waals surface area contributed by atoms with E-state index in [4.69, 9.17) is 11.6 Å². The zero-order chi connectivity index (χ0) is 17.2. The van der Waals surface area contributed by atoms with Crippen molar-refractivity contribution in [3.63, 3.8) is 0 Å². The van der Waals surface area contributed by atoms with Crippen molar-refractivity contribution in [2.24, 2.45) is 5.10 Å². The highest BCUT2D eigenvalue weighted by Gasteiger charge is 2.12. The molecule has 0 fully saturated rings. The van der Waals surface area contributed by atoms with Crippen LogP contribution in [0.4, 0.5) is 0 Å². The number of aromatic nitrogens is 3. The maximum absolute atomic E-state index is 12.5. The van der Waals surface area contributed by atoms with Gasteiger partial charge < -0.3 is 4.57 Å². The number of benzene rings is 1. The molecule has 124 valence electrons. The molecule has 1 amide bonds. The first-order valence-electron chi connectivity index (χ1n) is 7.41. The Labute approximate surface area is 152 Å². The lowest BCUT2D eigenvalue weighted by Crippen LogP contribution is -2.19. The third-order valence-electron chi connectivity index (χ3n) is 3.64. The number of carbonyl (C=O) groups is 1. The van der Waals surface area contributed by atoms with Crippen LogP contribution in [0.15, 0.2) is 65.5 Å². The van der Waals surface area contributed by atoms with Crippen LogP contribution in [0.3, 0.4) is 0 Å². The minimum atomic E-state index is -0.303. The second kappa shape index (κ2) is 6.54. The van der Waals surface area contributed by atoms with Gasteiger partial charge >= 0.3 is 0 Å². The van der Waals surface area contributed by atoms with Crippen LogP contribution in [0.2, 0.25) is 5.15 Å². The predicted octanol–water partition coefficient (Wildman–Crippen LogP) is 3.60. The predicted molar refractivity (Wildman–Crippen MR) is 98.9 cm³/mol. The van der Waals surface area contributed by atoms with E-state index in [-0.39, 0.29) is 5.91 Å². The van der Waals surface area contributed by atoms with Gasteiger partial charge in [-0.25, -0.2) is 10.4 Å². The lowest BCUT2D eigenvalue weighted by Gasteiger charge is -2.08. The highest BCUT2D eigenvalue weighted by atomic mass is 35.5. The molecule has 0 saturated heterocycles. The third kappa shape index (κ3) is 2.95. The molecule has 0 unspecified atom stereocenters. The standard InChI is InChI=1S/C17H12ClN5OS/c18-15-14(23-9-10-25-17(23)20-15)11-19-21-16(24)12-5-1-2-6-13(12)22-7-3-4-8-22/h1-11H,(H,21,24)/b19-11-. The molecule has 0 radical (unpaired) electrons. The van der Waals surface area contributed by atoms with Crippen molar-refractivity contribution in [1.82, 2.24) is 19.4 Å². The Balaban J connectivity index is 1.57. The van der Waals surface area contributed by atoms with Gasteiger partial charge in [0.05, 0.1) is 17.5 Å². The molecule has 6 nitrogen and oxygen atoms in total. The Morgan fingerprint density at radius 1 is 1.20 bits per heavy atom. The van der Waals surface area contributed by atoms with Gasteiger partial charge in [0.25, 0.3) is 5.91 Å². The van der Waals surface area contributed by atoms with Crippen LogP contribution in [0, 0.1) is 0 Å². The Hall–Kier alpha value is -2.90. The number of para-hydroxylation sites is 1. The Morgan fingerprint density at radius 3 is 2.84 bits per heavy atom. The van der Waals surface area contributed by atoms with E-state index in [2.05, 4.69) is 15.5 Å². The summed E-state index contributed by atoms with van der Waals surface area (Å²) in [6.07, 6.45) is 7.11. The summed E-state index contributed by atoms with van der Waals surface area (Å²) in [6.45, 7) is 0. The average Bonchev–Trinajstić information content (AvgIpc) is 3.34. The summed E-state index contributed by atoms with van der Waals surface area (Å²) in [5.74, 6) is -0.303. The maximum atomic E-state index is 12.5. The van der Waals surface area contributed by atoms with Crippen LogP contribution in [-0.2, 0) is 0 Å². The van der Waals surface area contributed by atoms with Gasteiger partial charge in [-0.05, 0) is 24.3 Å². The monoisotopic (exact) mass is 369 g/mol. The fraction of sp³-hybridized carbons (Fsp3) is 0. The molecule has 3 heterocycles. The van der Waals surface area contributed by atoms with E-state index in [1.54, 1.807) is 6.07 Å². The number of nitrogens with one attached hydrogen (secondary N) is 1. The van der Waals surface area contributed by atoms with Gasteiger partial charge in [-0.2, -0.15) is 5.10 Å². The van der Waals surface area contributed by atoms with Crippen LogP contribution in [0.1, 0.15) is 16.1 Å². The summed E-state index contributed by atoms with van der Waals surface area (Å²) in [5, 5.41) is 6.28. The van der Waals surface area contributed by atoms with Crippen LogP contribution in [-0.4, -0.2) is 26.1 Å². The number of imidazole rings is 1. The maximum Gasteiger partial charge on any atom is 0.273 e. The van der Waals surface area contributed by atoms with E-state index < -0.39 is 0 Å². The van der Waals surface area contributed by atoms with Crippen molar-refractivity contribution in [1.29, 1.82) is 0 Å². The summed E-state index contributed by atoms with van der Waals surface area (Å²) < 4.78 is 3.69. The zero-order valence-corrected chi connectivity index (χ0v) is 14.4. The first kappa shape index (κ1) is 15.6. The van der Waals surface area contributed by atoms with Crippen molar-refractivity contribution in [3.05, 3.63) is 76.8 Å². The van der Waals surface area contributed by atoms with Crippen LogP contribution in [0.5, 0.6) is 0 Å². The number of fused-ring (bicyclic) bond motifs is 1. The van der Waals surface area contributed by atoms with Gasteiger partial charge in [0.15, 0.2) is 10.1 Å². The van der Waals surface area contributed by atoms with Crippen molar-refractivity contribution in [2.45, 2.75) is 0 Å². The molecule has 0 saturated carbocycles. The van der Waals surface area contributed by atoms with Gasteiger partial charge in [0.2, 0.25) is 0 Å². The summed E-state index contributed by atoms with van der Waals surface area (Å²) in [4.78, 5) is 17.5. The number of hydrazone groups is 1. The van der Waals surface area contributed by atoms with Gasteiger partial charge in [-0.3, -0.25) is 9.20 Å². The fourth-order valence-corrected chi connectivity index (χ4v) is 3.48. The zero-order valence-electron chi connectivity index (χ0n) is 12.8. The first-order valence-corrected chi connectivity index (χ1v) is 8.66. The van der Waals surface area contributed by atoms with E-state index >= 15 is 0 Å². The Kier molecular flexibility index (Phi) is 4.09. The fourth-order valence-electron chi connectivity index (χ4n) is 2.49. The summed E-state index contributed by atoms with van der Waals surface area (Å²) in [6, 6.07) is 11.1. The van der Waals surface area contributed by atoms with Crippen molar-refractivity contribution >= 4 is 40.0 Å². The molecule has 0 spiro atoms. The van der Waals surface area contributed by atoms with Crippen LogP contribution >= 0.6 is 22.9 Å². The van der Waals surface area contributed by atoms with Crippen LogP contribution in [0.25, 0.3) is 10.6 Å².